The molecule has 0 spiro atoms. The van der Waals surface area contributed by atoms with Gasteiger partial charge in [-0.05, 0) is 19.4 Å². The van der Waals surface area contributed by atoms with Gasteiger partial charge in [0, 0.05) is 30.6 Å². The quantitative estimate of drug-likeness (QED) is 0.785. The van der Waals surface area contributed by atoms with Crippen LogP contribution in [-0.2, 0) is 7.05 Å². The topological polar surface area (TPSA) is 55.2 Å². The zero-order valence-electron chi connectivity index (χ0n) is 12.6. The molecule has 2 unspecified atom stereocenters. The molecule has 110 valence electrons. The van der Waals surface area contributed by atoms with E-state index in [2.05, 4.69) is 18.9 Å². The molecule has 5 nitrogen and oxygen atoms in total. The highest BCUT2D eigenvalue weighted by molar-refractivity contribution is 8.00. The number of thioether (sulfide) groups is 1. The van der Waals surface area contributed by atoms with E-state index in [-0.39, 0.29) is 17.0 Å². The van der Waals surface area contributed by atoms with E-state index >= 15 is 0 Å². The van der Waals surface area contributed by atoms with Gasteiger partial charge in [-0.25, -0.2) is 4.68 Å². The molecule has 0 radical (unpaired) electrons. The minimum absolute atomic E-state index is 0.160. The van der Waals surface area contributed by atoms with Gasteiger partial charge in [0.05, 0.1) is 5.69 Å². The second kappa shape index (κ2) is 5.60. The Morgan fingerprint density at radius 3 is 2.35 bits per heavy atom. The number of rotatable bonds is 1. The molecule has 2 heterocycles. The van der Waals surface area contributed by atoms with Crippen molar-refractivity contribution < 1.29 is 4.79 Å². The predicted octanol–water partition coefficient (Wildman–Crippen LogP) is 1.36. The molecule has 2 rings (SSSR count). The van der Waals surface area contributed by atoms with Crippen LogP contribution < -0.4 is 5.56 Å². The highest BCUT2D eigenvalue weighted by atomic mass is 32.2. The Labute approximate surface area is 123 Å². The second-order valence-corrected chi connectivity index (χ2v) is 7.36. The first-order valence-corrected chi connectivity index (χ1v) is 7.74. The predicted molar refractivity (Wildman–Crippen MR) is 81.4 cm³/mol. The lowest BCUT2D eigenvalue weighted by atomic mass is 10.1. The average molecular weight is 295 g/mol. The molecule has 20 heavy (non-hydrogen) atoms. The lowest BCUT2D eigenvalue weighted by Crippen LogP contribution is -2.46. The Morgan fingerprint density at radius 2 is 1.80 bits per heavy atom. The standard InChI is InChI=1S/C14H21N3O2S/c1-8-6-17(7-9(2)20-8)14(19)12-10(3)11(4)15-16(5)13(12)18/h8-9H,6-7H2,1-5H3. The van der Waals surface area contributed by atoms with Gasteiger partial charge in [-0.3, -0.25) is 9.59 Å². The molecular weight excluding hydrogens is 274 g/mol. The van der Waals surface area contributed by atoms with E-state index < -0.39 is 0 Å². The van der Waals surface area contributed by atoms with Gasteiger partial charge in [0.1, 0.15) is 5.56 Å². The molecule has 0 aromatic carbocycles. The third-order valence-electron chi connectivity index (χ3n) is 3.65. The summed E-state index contributed by atoms with van der Waals surface area (Å²) >= 11 is 1.88. The second-order valence-electron chi connectivity index (χ2n) is 5.48. The maximum Gasteiger partial charge on any atom is 0.279 e. The zero-order valence-corrected chi connectivity index (χ0v) is 13.5. The molecule has 1 aliphatic heterocycles. The number of nitrogens with zero attached hydrogens (tertiary/aromatic N) is 3. The summed E-state index contributed by atoms with van der Waals surface area (Å²) in [6.07, 6.45) is 0. The summed E-state index contributed by atoms with van der Waals surface area (Å²) in [7, 11) is 1.59. The lowest BCUT2D eigenvalue weighted by molar-refractivity contribution is 0.0749. The van der Waals surface area contributed by atoms with Crippen molar-refractivity contribution in [3.8, 4) is 0 Å². The minimum atomic E-state index is -0.309. The Hall–Kier alpha value is -1.30. The van der Waals surface area contributed by atoms with E-state index in [1.807, 2.05) is 18.7 Å². The van der Waals surface area contributed by atoms with E-state index in [0.29, 0.717) is 29.2 Å². The van der Waals surface area contributed by atoms with Crippen LogP contribution in [0.15, 0.2) is 4.79 Å². The SMILES string of the molecule is Cc1nn(C)c(=O)c(C(=O)N2CC(C)SC(C)C2)c1C. The van der Waals surface area contributed by atoms with Crippen molar-refractivity contribution in [3.05, 3.63) is 27.2 Å². The minimum Gasteiger partial charge on any atom is -0.336 e. The Balaban J connectivity index is 2.41. The summed E-state index contributed by atoms with van der Waals surface area (Å²) in [5, 5.41) is 4.92. The number of carbonyl (C=O) groups excluding carboxylic acids is 1. The maximum atomic E-state index is 12.7. The van der Waals surface area contributed by atoms with Crippen LogP contribution in [0.2, 0.25) is 0 Å². The molecule has 0 bridgehead atoms. The van der Waals surface area contributed by atoms with Gasteiger partial charge in [-0.2, -0.15) is 16.9 Å². The molecule has 1 aromatic heterocycles. The highest BCUT2D eigenvalue weighted by Crippen LogP contribution is 2.25. The molecule has 1 amide bonds. The average Bonchev–Trinajstić information content (AvgIpc) is 2.35. The van der Waals surface area contributed by atoms with Crippen LogP contribution >= 0.6 is 11.8 Å². The zero-order chi connectivity index (χ0) is 15.0. The third-order valence-corrected chi connectivity index (χ3v) is 4.87. The molecule has 0 N–H and O–H groups in total. The molecule has 1 saturated heterocycles. The van der Waals surface area contributed by atoms with E-state index in [9.17, 15) is 9.59 Å². The summed E-state index contributed by atoms with van der Waals surface area (Å²) < 4.78 is 1.25. The van der Waals surface area contributed by atoms with Gasteiger partial charge in [0.25, 0.3) is 11.5 Å². The van der Waals surface area contributed by atoms with E-state index in [1.165, 1.54) is 4.68 Å². The van der Waals surface area contributed by atoms with Crippen LogP contribution in [0.3, 0.4) is 0 Å². The summed E-state index contributed by atoms with van der Waals surface area (Å²) in [6, 6.07) is 0. The Morgan fingerprint density at radius 1 is 1.25 bits per heavy atom. The molecule has 0 aliphatic carbocycles. The van der Waals surface area contributed by atoms with E-state index in [0.717, 1.165) is 5.69 Å². The summed E-state index contributed by atoms with van der Waals surface area (Å²) in [6.45, 7) is 9.23. The number of aromatic nitrogens is 2. The maximum absolute atomic E-state index is 12.7. The first-order valence-electron chi connectivity index (χ1n) is 6.80. The molecule has 2 atom stereocenters. The smallest absolute Gasteiger partial charge is 0.279 e. The first kappa shape index (κ1) is 15.1. The van der Waals surface area contributed by atoms with Crippen molar-refractivity contribution in [1.82, 2.24) is 14.7 Å². The van der Waals surface area contributed by atoms with Gasteiger partial charge in [-0.15, -0.1) is 0 Å². The summed E-state index contributed by atoms with van der Waals surface area (Å²) in [5.74, 6) is -0.160. The van der Waals surface area contributed by atoms with Crippen molar-refractivity contribution in [2.75, 3.05) is 13.1 Å². The van der Waals surface area contributed by atoms with Crippen LogP contribution in [0, 0.1) is 13.8 Å². The van der Waals surface area contributed by atoms with Crippen molar-refractivity contribution in [3.63, 3.8) is 0 Å². The highest BCUT2D eigenvalue weighted by Gasteiger charge is 2.29. The van der Waals surface area contributed by atoms with Crippen molar-refractivity contribution in [2.24, 2.45) is 7.05 Å². The first-order chi connectivity index (χ1) is 9.31. The summed E-state index contributed by atoms with van der Waals surface area (Å²) in [5.41, 5.74) is 1.38. The normalized spacial score (nSPS) is 22.9. The third kappa shape index (κ3) is 2.75. The molecule has 1 aliphatic rings. The van der Waals surface area contributed by atoms with E-state index in [1.54, 1.807) is 18.9 Å². The number of aryl methyl sites for hydroxylation is 2. The van der Waals surface area contributed by atoms with Gasteiger partial charge < -0.3 is 4.90 Å². The van der Waals surface area contributed by atoms with Gasteiger partial charge in [0.2, 0.25) is 0 Å². The van der Waals surface area contributed by atoms with Crippen LogP contribution in [0.1, 0.15) is 35.5 Å². The van der Waals surface area contributed by atoms with Crippen LogP contribution in [-0.4, -0.2) is 44.2 Å². The molecule has 0 saturated carbocycles. The Bertz CT molecular complexity index is 587. The van der Waals surface area contributed by atoms with Gasteiger partial charge in [0.15, 0.2) is 0 Å². The Kier molecular flexibility index (Phi) is 4.22. The van der Waals surface area contributed by atoms with Crippen molar-refractivity contribution in [2.45, 2.75) is 38.2 Å². The fraction of sp³-hybridized carbons (Fsp3) is 0.643. The van der Waals surface area contributed by atoms with Crippen molar-refractivity contribution >= 4 is 17.7 Å². The molecule has 6 heteroatoms. The number of hydrogen-bond acceptors (Lipinski definition) is 4. The molecule has 1 fully saturated rings. The largest absolute Gasteiger partial charge is 0.336 e. The van der Waals surface area contributed by atoms with E-state index in [4.69, 9.17) is 0 Å². The van der Waals surface area contributed by atoms with Crippen LogP contribution in [0.25, 0.3) is 0 Å². The lowest BCUT2D eigenvalue weighted by Gasteiger charge is -2.34. The van der Waals surface area contributed by atoms with Gasteiger partial charge in [-0.1, -0.05) is 13.8 Å². The molecular formula is C14H21N3O2S. The number of amides is 1. The van der Waals surface area contributed by atoms with Gasteiger partial charge >= 0.3 is 0 Å². The summed E-state index contributed by atoms with van der Waals surface area (Å²) in [4.78, 5) is 26.7. The number of hydrogen-bond donors (Lipinski definition) is 0. The van der Waals surface area contributed by atoms with Crippen LogP contribution in [0.5, 0.6) is 0 Å². The van der Waals surface area contributed by atoms with Crippen LogP contribution in [0.4, 0.5) is 0 Å². The fourth-order valence-electron chi connectivity index (χ4n) is 2.60. The fourth-order valence-corrected chi connectivity index (χ4v) is 3.93. The monoisotopic (exact) mass is 295 g/mol. The van der Waals surface area contributed by atoms with Crippen molar-refractivity contribution in [1.29, 1.82) is 0 Å². The molecule has 1 aromatic rings. The number of carbonyl (C=O) groups is 1.